The summed E-state index contributed by atoms with van der Waals surface area (Å²) in [6.45, 7) is 0.649. The fourth-order valence-electron chi connectivity index (χ4n) is 4.30. The van der Waals surface area contributed by atoms with Crippen molar-refractivity contribution in [2.24, 2.45) is 0 Å². The molecule has 0 atom stereocenters. The summed E-state index contributed by atoms with van der Waals surface area (Å²) in [7, 11) is 0. The molecule has 4 aromatic rings. The van der Waals surface area contributed by atoms with Crippen LogP contribution in [-0.2, 0) is 0 Å². The Hall–Kier alpha value is -5.20. The molecular formula is C26H19F2N5O6. The number of amides is 2. The van der Waals surface area contributed by atoms with Gasteiger partial charge in [-0.3, -0.25) is 24.5 Å². The van der Waals surface area contributed by atoms with E-state index in [0.717, 1.165) is 12.1 Å². The van der Waals surface area contributed by atoms with Crippen molar-refractivity contribution in [3.05, 3.63) is 104 Å². The number of ether oxygens (including phenoxy) is 1. The normalized spacial score (nSPS) is 13.4. The van der Waals surface area contributed by atoms with E-state index in [1.165, 1.54) is 58.3 Å². The maximum Gasteiger partial charge on any atom is 0.282 e. The number of fused-ring (bicyclic) bond motifs is 1. The first-order valence-electron chi connectivity index (χ1n) is 11.7. The molecule has 0 spiro atoms. The van der Waals surface area contributed by atoms with Gasteiger partial charge in [0.25, 0.3) is 28.9 Å². The Morgan fingerprint density at radius 3 is 2.28 bits per heavy atom. The van der Waals surface area contributed by atoms with Gasteiger partial charge in [0.2, 0.25) is 0 Å². The summed E-state index contributed by atoms with van der Waals surface area (Å²) in [6.07, 6.45) is 0. The highest BCUT2D eigenvalue weighted by Crippen LogP contribution is 2.33. The van der Waals surface area contributed by atoms with Gasteiger partial charge in [-0.2, -0.15) is 0 Å². The van der Waals surface area contributed by atoms with Gasteiger partial charge in [0.05, 0.1) is 15.9 Å². The smallest absolute Gasteiger partial charge is 0.282 e. The molecule has 3 aromatic carbocycles. The van der Waals surface area contributed by atoms with Crippen molar-refractivity contribution in [3.63, 3.8) is 0 Å². The number of hydrogen-bond acceptors (Lipinski definition) is 7. The number of nitrogens with zero attached hydrogens (tertiary/aromatic N) is 4. The van der Waals surface area contributed by atoms with Crippen LogP contribution in [0.2, 0.25) is 0 Å². The third-order valence-corrected chi connectivity index (χ3v) is 6.28. The first-order valence-corrected chi connectivity index (χ1v) is 11.7. The number of benzene rings is 3. The maximum absolute atomic E-state index is 14.7. The Kier molecular flexibility index (Phi) is 6.71. The monoisotopic (exact) mass is 535 g/mol. The summed E-state index contributed by atoms with van der Waals surface area (Å²) in [5.74, 6) is -2.56. The van der Waals surface area contributed by atoms with Gasteiger partial charge in [0, 0.05) is 37.8 Å². The Bertz CT molecular complexity index is 1670. The van der Waals surface area contributed by atoms with E-state index < -0.39 is 33.7 Å². The van der Waals surface area contributed by atoms with E-state index in [2.05, 4.69) is 10.2 Å². The van der Waals surface area contributed by atoms with Crippen molar-refractivity contribution >= 4 is 28.3 Å². The number of nitro benzene ring substituents is 1. The Labute approximate surface area is 218 Å². The zero-order chi connectivity index (χ0) is 27.7. The predicted molar refractivity (Wildman–Crippen MR) is 134 cm³/mol. The molecule has 0 saturated carbocycles. The summed E-state index contributed by atoms with van der Waals surface area (Å²) in [6, 6.07) is 12.4. The predicted octanol–water partition coefficient (Wildman–Crippen LogP) is 3.50. The lowest BCUT2D eigenvalue weighted by Gasteiger charge is -2.35. The van der Waals surface area contributed by atoms with Crippen molar-refractivity contribution in [1.82, 2.24) is 20.0 Å². The molecule has 0 bridgehead atoms. The van der Waals surface area contributed by atoms with E-state index in [1.807, 2.05) is 0 Å². The molecule has 0 aliphatic carbocycles. The number of nitro groups is 1. The largest absolute Gasteiger partial charge is 0.437 e. The molecule has 11 nitrogen and oxygen atoms in total. The first kappa shape index (κ1) is 25.4. The SMILES string of the molecule is O=C(c1ccc(F)cc1)N1CCN(C(=O)c2cc(Oc3n[nH]c(=O)c4cccc([N+](=O)[O-])c34)ccc2F)CC1. The maximum atomic E-state index is 14.7. The number of carbonyl (C=O) groups excluding carboxylic acids is 2. The highest BCUT2D eigenvalue weighted by molar-refractivity contribution is 5.97. The first-order chi connectivity index (χ1) is 18.7. The summed E-state index contributed by atoms with van der Waals surface area (Å²) < 4.78 is 33.5. The fraction of sp³-hybridized carbons (Fsp3) is 0.154. The number of H-pyrrole nitrogens is 1. The second-order valence-electron chi connectivity index (χ2n) is 8.65. The molecule has 5 rings (SSSR count). The lowest BCUT2D eigenvalue weighted by atomic mass is 10.1. The Morgan fingerprint density at radius 1 is 0.949 bits per heavy atom. The summed E-state index contributed by atoms with van der Waals surface area (Å²) in [5.41, 5.74) is -1.06. The number of aromatic nitrogens is 2. The van der Waals surface area contributed by atoms with Crippen LogP contribution in [0.15, 0.2) is 65.5 Å². The average Bonchev–Trinajstić information content (AvgIpc) is 2.95. The van der Waals surface area contributed by atoms with Crippen molar-refractivity contribution in [1.29, 1.82) is 0 Å². The zero-order valence-electron chi connectivity index (χ0n) is 20.1. The van der Waals surface area contributed by atoms with Crippen LogP contribution >= 0.6 is 0 Å². The molecule has 0 unspecified atom stereocenters. The van der Waals surface area contributed by atoms with E-state index >= 15 is 0 Å². The minimum absolute atomic E-state index is 0.0272. The lowest BCUT2D eigenvalue weighted by Crippen LogP contribution is -2.50. The van der Waals surface area contributed by atoms with E-state index in [0.29, 0.717) is 5.56 Å². The highest BCUT2D eigenvalue weighted by atomic mass is 19.1. The number of hydrogen-bond donors (Lipinski definition) is 1. The van der Waals surface area contributed by atoms with Crippen molar-refractivity contribution in [2.45, 2.75) is 0 Å². The topological polar surface area (TPSA) is 139 Å². The summed E-state index contributed by atoms with van der Waals surface area (Å²) >= 11 is 0. The molecule has 1 saturated heterocycles. The second kappa shape index (κ2) is 10.3. The number of non-ortho nitro benzene ring substituents is 1. The highest BCUT2D eigenvalue weighted by Gasteiger charge is 2.28. The van der Waals surface area contributed by atoms with Crippen LogP contribution in [0, 0.1) is 21.7 Å². The van der Waals surface area contributed by atoms with Crippen molar-refractivity contribution in [2.75, 3.05) is 26.2 Å². The van der Waals surface area contributed by atoms with E-state index in [1.54, 1.807) is 0 Å². The molecule has 1 aromatic heterocycles. The van der Waals surface area contributed by atoms with Crippen LogP contribution in [0.1, 0.15) is 20.7 Å². The minimum Gasteiger partial charge on any atom is -0.437 e. The van der Waals surface area contributed by atoms with E-state index in [4.69, 9.17) is 4.74 Å². The van der Waals surface area contributed by atoms with Gasteiger partial charge in [0.15, 0.2) is 0 Å². The molecule has 13 heteroatoms. The standard InChI is InChI=1S/C26H19F2N5O6/c27-16-6-4-15(5-7-16)25(35)31-10-12-32(13-11-31)26(36)19-14-17(8-9-20(19)28)39-24-22-18(23(34)29-30-24)2-1-3-21(22)33(37)38/h1-9,14H,10-13H2,(H,29,34). The number of nitrogens with one attached hydrogen (secondary N) is 1. The number of halogens is 2. The molecule has 39 heavy (non-hydrogen) atoms. The number of carbonyl (C=O) groups is 2. The lowest BCUT2D eigenvalue weighted by molar-refractivity contribution is -0.383. The van der Waals surface area contributed by atoms with E-state index in [-0.39, 0.29) is 60.1 Å². The van der Waals surface area contributed by atoms with Crippen LogP contribution in [0.25, 0.3) is 10.8 Å². The Balaban J connectivity index is 1.35. The molecule has 2 heterocycles. The molecule has 198 valence electrons. The van der Waals surface area contributed by atoms with Crippen molar-refractivity contribution in [3.8, 4) is 11.6 Å². The van der Waals surface area contributed by atoms with Gasteiger partial charge in [0.1, 0.15) is 22.8 Å². The number of rotatable bonds is 5. The fourth-order valence-corrected chi connectivity index (χ4v) is 4.30. The second-order valence-corrected chi connectivity index (χ2v) is 8.65. The van der Waals surface area contributed by atoms with Gasteiger partial charge in [-0.05, 0) is 48.5 Å². The summed E-state index contributed by atoms with van der Waals surface area (Å²) in [4.78, 5) is 51.7. The molecule has 2 amide bonds. The third kappa shape index (κ3) is 5.01. The van der Waals surface area contributed by atoms with Crippen LogP contribution in [0.3, 0.4) is 0 Å². The van der Waals surface area contributed by atoms with Gasteiger partial charge < -0.3 is 14.5 Å². The summed E-state index contributed by atoms with van der Waals surface area (Å²) in [5, 5.41) is 17.3. The average molecular weight is 535 g/mol. The van der Waals surface area contributed by atoms with Gasteiger partial charge in [-0.15, -0.1) is 5.10 Å². The van der Waals surface area contributed by atoms with Crippen LogP contribution in [0.4, 0.5) is 14.5 Å². The van der Waals surface area contributed by atoms with Crippen molar-refractivity contribution < 1.29 is 28.0 Å². The number of aromatic amines is 1. The zero-order valence-corrected chi connectivity index (χ0v) is 20.1. The Morgan fingerprint density at radius 2 is 1.62 bits per heavy atom. The molecule has 0 radical (unpaired) electrons. The molecule has 1 aliphatic heterocycles. The third-order valence-electron chi connectivity index (χ3n) is 6.28. The van der Waals surface area contributed by atoms with Crippen LogP contribution < -0.4 is 10.3 Å². The minimum atomic E-state index is -0.817. The van der Waals surface area contributed by atoms with E-state index in [9.17, 15) is 33.3 Å². The van der Waals surface area contributed by atoms with Gasteiger partial charge >= 0.3 is 0 Å². The molecule has 1 N–H and O–H groups in total. The molecule has 1 aliphatic rings. The number of piperazine rings is 1. The van der Waals surface area contributed by atoms with Gasteiger partial charge in [-0.25, -0.2) is 13.9 Å². The van der Waals surface area contributed by atoms with Crippen LogP contribution in [-0.4, -0.2) is 62.9 Å². The quantitative estimate of drug-likeness (QED) is 0.305. The molecular weight excluding hydrogens is 516 g/mol. The molecule has 1 fully saturated rings. The van der Waals surface area contributed by atoms with Crippen LogP contribution in [0.5, 0.6) is 11.6 Å². The van der Waals surface area contributed by atoms with Gasteiger partial charge in [-0.1, -0.05) is 6.07 Å².